The Labute approximate surface area is 185 Å². The SMILES string of the molecule is Cc1c(C)c(C)c(S(=O)(=O)NCCC(=O)NCc2ccc(OC(C)C)nc2)c(C)c1C. The first-order valence-electron chi connectivity index (χ1n) is 10.4. The molecule has 0 aliphatic heterocycles. The van der Waals surface area contributed by atoms with Crippen LogP contribution in [0, 0.1) is 34.6 Å². The van der Waals surface area contributed by atoms with Crippen molar-refractivity contribution in [1.29, 1.82) is 0 Å². The number of nitrogens with one attached hydrogen (secondary N) is 2. The molecule has 2 rings (SSSR count). The molecule has 0 aliphatic rings. The molecule has 2 aromatic rings. The summed E-state index contributed by atoms with van der Waals surface area (Å²) in [5.74, 6) is 0.293. The van der Waals surface area contributed by atoms with Crippen molar-refractivity contribution in [1.82, 2.24) is 15.0 Å². The summed E-state index contributed by atoms with van der Waals surface area (Å²) in [7, 11) is -3.71. The van der Waals surface area contributed by atoms with E-state index >= 15 is 0 Å². The molecule has 1 aromatic heterocycles. The molecular weight excluding hydrogens is 414 g/mol. The van der Waals surface area contributed by atoms with Crippen molar-refractivity contribution in [3.05, 3.63) is 51.7 Å². The van der Waals surface area contributed by atoms with E-state index in [9.17, 15) is 13.2 Å². The molecular formula is C23H33N3O4S. The highest BCUT2D eigenvalue weighted by Gasteiger charge is 2.23. The van der Waals surface area contributed by atoms with Gasteiger partial charge in [-0.1, -0.05) is 6.07 Å². The minimum Gasteiger partial charge on any atom is -0.475 e. The number of hydrogen-bond acceptors (Lipinski definition) is 5. The number of benzene rings is 1. The maximum atomic E-state index is 12.9. The van der Waals surface area contributed by atoms with Crippen LogP contribution in [0.2, 0.25) is 0 Å². The molecule has 0 atom stereocenters. The molecule has 1 amide bonds. The van der Waals surface area contributed by atoms with E-state index in [4.69, 9.17) is 4.74 Å². The molecule has 0 radical (unpaired) electrons. The van der Waals surface area contributed by atoms with Crippen LogP contribution < -0.4 is 14.8 Å². The Balaban J connectivity index is 1.92. The van der Waals surface area contributed by atoms with E-state index in [-0.39, 0.29) is 25.0 Å². The molecule has 2 N–H and O–H groups in total. The molecule has 0 saturated heterocycles. The zero-order valence-electron chi connectivity index (χ0n) is 19.4. The van der Waals surface area contributed by atoms with Gasteiger partial charge in [0, 0.05) is 31.8 Å². The monoisotopic (exact) mass is 447 g/mol. The fourth-order valence-electron chi connectivity index (χ4n) is 3.36. The second-order valence-electron chi connectivity index (χ2n) is 8.05. The molecule has 1 aromatic carbocycles. The van der Waals surface area contributed by atoms with Crippen LogP contribution in [-0.4, -0.2) is 32.0 Å². The van der Waals surface area contributed by atoms with Crippen LogP contribution in [0.1, 0.15) is 53.6 Å². The molecule has 0 fully saturated rings. The first-order chi connectivity index (χ1) is 14.4. The van der Waals surface area contributed by atoms with E-state index in [1.807, 2.05) is 54.5 Å². The standard InChI is InChI=1S/C23H33N3O4S/c1-14(2)30-22-9-8-20(13-25-22)12-24-21(27)10-11-26-31(28,29)23-18(6)16(4)15(3)17(5)19(23)7/h8-9,13-14,26H,10-12H2,1-7H3,(H,24,27). The number of carbonyl (C=O) groups is 1. The Kier molecular flexibility index (Phi) is 8.20. The molecule has 0 aliphatic carbocycles. The third-order valence-electron chi connectivity index (χ3n) is 5.49. The molecule has 0 bridgehead atoms. The van der Waals surface area contributed by atoms with Gasteiger partial charge in [-0.3, -0.25) is 4.79 Å². The normalized spacial score (nSPS) is 11.6. The molecule has 31 heavy (non-hydrogen) atoms. The minimum absolute atomic E-state index is 0.0262. The van der Waals surface area contributed by atoms with E-state index in [0.29, 0.717) is 17.3 Å². The third kappa shape index (κ3) is 6.27. The fraction of sp³-hybridized carbons (Fsp3) is 0.478. The van der Waals surface area contributed by atoms with Crippen molar-refractivity contribution in [2.45, 2.75) is 72.4 Å². The lowest BCUT2D eigenvalue weighted by Crippen LogP contribution is -2.31. The van der Waals surface area contributed by atoms with Gasteiger partial charge in [0.1, 0.15) is 0 Å². The van der Waals surface area contributed by atoms with E-state index in [1.54, 1.807) is 12.3 Å². The van der Waals surface area contributed by atoms with Gasteiger partial charge in [0.15, 0.2) is 0 Å². The smallest absolute Gasteiger partial charge is 0.241 e. The van der Waals surface area contributed by atoms with Gasteiger partial charge in [-0.15, -0.1) is 0 Å². The van der Waals surface area contributed by atoms with Crippen molar-refractivity contribution in [2.24, 2.45) is 0 Å². The molecule has 8 heteroatoms. The number of rotatable bonds is 9. The second kappa shape index (κ2) is 10.2. The maximum Gasteiger partial charge on any atom is 0.241 e. The average Bonchev–Trinajstić information content (AvgIpc) is 2.69. The number of nitrogens with zero attached hydrogens (tertiary/aromatic N) is 1. The van der Waals surface area contributed by atoms with E-state index in [2.05, 4.69) is 15.0 Å². The van der Waals surface area contributed by atoms with Crippen LogP contribution in [0.25, 0.3) is 0 Å². The van der Waals surface area contributed by atoms with Crippen LogP contribution in [-0.2, 0) is 21.4 Å². The van der Waals surface area contributed by atoms with Gasteiger partial charge in [0.25, 0.3) is 0 Å². The zero-order valence-corrected chi connectivity index (χ0v) is 20.2. The van der Waals surface area contributed by atoms with E-state index in [0.717, 1.165) is 33.4 Å². The number of amides is 1. The van der Waals surface area contributed by atoms with Gasteiger partial charge in [0.2, 0.25) is 21.8 Å². The molecule has 0 saturated carbocycles. The summed E-state index contributed by atoms with van der Waals surface area (Å²) in [6.07, 6.45) is 1.74. The summed E-state index contributed by atoms with van der Waals surface area (Å²) in [4.78, 5) is 16.7. The topological polar surface area (TPSA) is 97.4 Å². The van der Waals surface area contributed by atoms with Crippen molar-refractivity contribution in [3.63, 3.8) is 0 Å². The quantitative estimate of drug-likeness (QED) is 0.614. The van der Waals surface area contributed by atoms with Crippen LogP contribution in [0.5, 0.6) is 5.88 Å². The molecule has 0 spiro atoms. The van der Waals surface area contributed by atoms with Crippen LogP contribution >= 0.6 is 0 Å². The summed E-state index contributed by atoms with van der Waals surface area (Å²) in [5.41, 5.74) is 5.37. The summed E-state index contributed by atoms with van der Waals surface area (Å²) in [6.45, 7) is 13.7. The lowest BCUT2D eigenvalue weighted by atomic mass is 9.95. The summed E-state index contributed by atoms with van der Waals surface area (Å²) < 4.78 is 33.9. The molecule has 7 nitrogen and oxygen atoms in total. The number of sulfonamides is 1. The largest absolute Gasteiger partial charge is 0.475 e. The van der Waals surface area contributed by atoms with Crippen molar-refractivity contribution >= 4 is 15.9 Å². The average molecular weight is 448 g/mol. The van der Waals surface area contributed by atoms with Crippen LogP contribution in [0.15, 0.2) is 23.2 Å². The highest BCUT2D eigenvalue weighted by molar-refractivity contribution is 7.89. The van der Waals surface area contributed by atoms with Gasteiger partial charge < -0.3 is 10.1 Å². The third-order valence-corrected chi connectivity index (χ3v) is 7.22. The summed E-state index contributed by atoms with van der Waals surface area (Å²) >= 11 is 0. The number of pyridine rings is 1. The zero-order chi connectivity index (χ0) is 23.3. The predicted molar refractivity (Wildman–Crippen MR) is 122 cm³/mol. The number of aromatic nitrogens is 1. The van der Waals surface area contributed by atoms with E-state index < -0.39 is 10.0 Å². The maximum absolute atomic E-state index is 12.9. The summed E-state index contributed by atoms with van der Waals surface area (Å²) in [5, 5.41) is 2.78. The lowest BCUT2D eigenvalue weighted by molar-refractivity contribution is -0.121. The summed E-state index contributed by atoms with van der Waals surface area (Å²) in [6, 6.07) is 3.59. The highest BCUT2D eigenvalue weighted by Crippen LogP contribution is 2.29. The Morgan fingerprint density at radius 1 is 1.00 bits per heavy atom. The number of hydrogen-bond donors (Lipinski definition) is 2. The highest BCUT2D eigenvalue weighted by atomic mass is 32.2. The molecule has 0 unspecified atom stereocenters. The van der Waals surface area contributed by atoms with Crippen molar-refractivity contribution in [2.75, 3.05) is 6.54 Å². The second-order valence-corrected chi connectivity index (χ2v) is 9.75. The van der Waals surface area contributed by atoms with Crippen LogP contribution in [0.4, 0.5) is 0 Å². The fourth-order valence-corrected chi connectivity index (χ4v) is 4.98. The number of ether oxygens (including phenoxy) is 1. The van der Waals surface area contributed by atoms with E-state index in [1.165, 1.54) is 0 Å². The first kappa shape index (κ1) is 24.8. The van der Waals surface area contributed by atoms with Crippen molar-refractivity contribution in [3.8, 4) is 5.88 Å². The van der Waals surface area contributed by atoms with Gasteiger partial charge >= 0.3 is 0 Å². The minimum atomic E-state index is -3.71. The molecule has 1 heterocycles. The van der Waals surface area contributed by atoms with Gasteiger partial charge in [-0.2, -0.15) is 0 Å². The van der Waals surface area contributed by atoms with Gasteiger partial charge in [0.05, 0.1) is 11.0 Å². The number of carbonyl (C=O) groups excluding carboxylic acids is 1. The Morgan fingerprint density at radius 3 is 2.10 bits per heavy atom. The first-order valence-corrected chi connectivity index (χ1v) is 11.9. The molecule has 170 valence electrons. The predicted octanol–water partition coefficient (Wildman–Crippen LogP) is 3.40. The Morgan fingerprint density at radius 2 is 1.58 bits per heavy atom. The van der Waals surface area contributed by atoms with Gasteiger partial charge in [-0.05, 0) is 81.8 Å². The van der Waals surface area contributed by atoms with Crippen LogP contribution in [0.3, 0.4) is 0 Å². The van der Waals surface area contributed by atoms with Crippen molar-refractivity contribution < 1.29 is 17.9 Å². The lowest BCUT2D eigenvalue weighted by Gasteiger charge is -2.19. The Hall–Kier alpha value is -2.45. The van der Waals surface area contributed by atoms with Gasteiger partial charge in [-0.25, -0.2) is 18.1 Å². The Bertz CT molecular complexity index is 1020.